The summed E-state index contributed by atoms with van der Waals surface area (Å²) in [6.45, 7) is -0.0551. The summed E-state index contributed by atoms with van der Waals surface area (Å²) in [6.07, 6.45) is 5.65. The summed E-state index contributed by atoms with van der Waals surface area (Å²) in [5.74, 6) is -0.457. The molecule has 1 atom stereocenters. The van der Waals surface area contributed by atoms with Gasteiger partial charge < -0.3 is 15.5 Å². The van der Waals surface area contributed by atoms with Crippen LogP contribution in [0.15, 0.2) is 84.1 Å². The van der Waals surface area contributed by atoms with E-state index in [9.17, 15) is 14.4 Å². The predicted octanol–water partition coefficient (Wildman–Crippen LogP) is 4.17. The van der Waals surface area contributed by atoms with Gasteiger partial charge in [0.15, 0.2) is 5.78 Å². The second-order valence-corrected chi connectivity index (χ2v) is 8.98. The third-order valence-electron chi connectivity index (χ3n) is 6.57. The van der Waals surface area contributed by atoms with E-state index in [1.54, 1.807) is 18.3 Å². The minimum Gasteiger partial charge on any atom is -0.308 e. The highest BCUT2D eigenvalue weighted by Crippen LogP contribution is 2.30. The molecule has 1 aliphatic heterocycles. The van der Waals surface area contributed by atoms with Crippen molar-refractivity contribution >= 4 is 34.8 Å². The quantitative estimate of drug-likeness (QED) is 0.551. The Kier molecular flexibility index (Phi) is 6.84. The molecule has 1 aliphatic carbocycles. The summed E-state index contributed by atoms with van der Waals surface area (Å²) < 4.78 is 0. The number of aliphatic imine (C=N–C) groups is 1. The van der Waals surface area contributed by atoms with Gasteiger partial charge in [0, 0.05) is 23.2 Å². The van der Waals surface area contributed by atoms with Gasteiger partial charge in [-0.2, -0.15) is 0 Å². The number of ketones is 1. The van der Waals surface area contributed by atoms with E-state index in [2.05, 4.69) is 15.6 Å². The number of hydrogen-bond acceptors (Lipinski definition) is 5. The SMILES string of the molecule is O=C(Nc1cccnc1)NC1N=C(c2ccccc2)c2ccccc2N(CC(=O)C2CCCC2)C1=O. The van der Waals surface area contributed by atoms with Crippen molar-refractivity contribution in [1.82, 2.24) is 10.3 Å². The van der Waals surface area contributed by atoms with Crippen molar-refractivity contribution < 1.29 is 14.4 Å². The number of fused-ring (bicyclic) bond motifs is 1. The topological polar surface area (TPSA) is 104 Å². The first-order chi connectivity index (χ1) is 17.6. The number of carbonyl (C=O) groups is 3. The molecule has 36 heavy (non-hydrogen) atoms. The van der Waals surface area contributed by atoms with E-state index in [4.69, 9.17) is 4.99 Å². The van der Waals surface area contributed by atoms with Crippen LogP contribution in [0.4, 0.5) is 16.2 Å². The van der Waals surface area contributed by atoms with Crippen LogP contribution in [0.2, 0.25) is 0 Å². The summed E-state index contributed by atoms with van der Waals surface area (Å²) in [6, 6.07) is 19.7. The van der Waals surface area contributed by atoms with Gasteiger partial charge in [0.1, 0.15) is 0 Å². The Morgan fingerprint density at radius 1 is 0.944 bits per heavy atom. The van der Waals surface area contributed by atoms with Crippen LogP contribution in [0.3, 0.4) is 0 Å². The number of benzene rings is 2. The molecule has 1 saturated carbocycles. The minimum absolute atomic E-state index is 0.0389. The molecule has 0 spiro atoms. The van der Waals surface area contributed by atoms with Crippen molar-refractivity contribution in [3.63, 3.8) is 0 Å². The molecule has 2 aliphatic rings. The highest BCUT2D eigenvalue weighted by Gasteiger charge is 2.35. The number of hydrogen-bond donors (Lipinski definition) is 2. The van der Waals surface area contributed by atoms with Gasteiger partial charge in [0.25, 0.3) is 5.91 Å². The number of Topliss-reactive ketones (excluding diaryl/α,β-unsaturated/α-hetero) is 1. The predicted molar refractivity (Wildman–Crippen MR) is 138 cm³/mol. The zero-order chi connectivity index (χ0) is 24.9. The van der Waals surface area contributed by atoms with Crippen LogP contribution >= 0.6 is 0 Å². The van der Waals surface area contributed by atoms with Crippen LogP contribution in [-0.2, 0) is 9.59 Å². The number of amides is 3. The molecular formula is C28H27N5O3. The molecule has 0 radical (unpaired) electrons. The van der Waals surface area contributed by atoms with Crippen LogP contribution in [0.5, 0.6) is 0 Å². The average molecular weight is 482 g/mol. The number of para-hydroxylation sites is 1. The maximum atomic E-state index is 13.8. The van der Waals surface area contributed by atoms with Crippen molar-refractivity contribution in [2.45, 2.75) is 31.8 Å². The standard InChI is InChI=1S/C28H27N5O3/c34-24(19-9-4-5-10-19)18-33-23-15-7-6-14-22(23)25(20-11-2-1-3-12-20)31-26(27(33)35)32-28(36)30-21-13-8-16-29-17-21/h1-3,6-8,11-17,19,26H,4-5,9-10,18H2,(H2,30,32,36). The molecule has 3 aromatic rings. The molecule has 182 valence electrons. The Hall–Kier alpha value is -4.33. The average Bonchev–Trinajstić information content (AvgIpc) is 3.42. The number of anilines is 2. The number of rotatable bonds is 6. The molecule has 8 heteroatoms. The van der Waals surface area contributed by atoms with Crippen molar-refractivity contribution in [2.24, 2.45) is 10.9 Å². The Bertz CT molecular complexity index is 1290. The molecule has 1 aromatic heterocycles. The van der Waals surface area contributed by atoms with Crippen LogP contribution < -0.4 is 15.5 Å². The van der Waals surface area contributed by atoms with Crippen molar-refractivity contribution in [3.05, 3.63) is 90.3 Å². The second-order valence-electron chi connectivity index (χ2n) is 8.98. The fourth-order valence-electron chi connectivity index (χ4n) is 4.77. The molecule has 0 saturated heterocycles. The van der Waals surface area contributed by atoms with E-state index >= 15 is 0 Å². The van der Waals surface area contributed by atoms with E-state index in [0.29, 0.717) is 17.1 Å². The van der Waals surface area contributed by atoms with Crippen molar-refractivity contribution in [3.8, 4) is 0 Å². The third-order valence-corrected chi connectivity index (χ3v) is 6.57. The van der Waals surface area contributed by atoms with Crippen LogP contribution in [0, 0.1) is 5.92 Å². The highest BCUT2D eigenvalue weighted by molar-refractivity contribution is 6.21. The van der Waals surface area contributed by atoms with Crippen LogP contribution in [0.1, 0.15) is 36.8 Å². The first-order valence-electron chi connectivity index (χ1n) is 12.1. The van der Waals surface area contributed by atoms with E-state index in [1.807, 2.05) is 54.6 Å². The highest BCUT2D eigenvalue weighted by atomic mass is 16.2. The maximum absolute atomic E-state index is 13.8. The normalized spacial score (nSPS) is 17.7. The molecule has 3 amide bonds. The zero-order valence-electron chi connectivity index (χ0n) is 19.8. The van der Waals surface area contributed by atoms with E-state index in [-0.39, 0.29) is 18.2 Å². The Balaban J connectivity index is 1.52. The summed E-state index contributed by atoms with van der Waals surface area (Å²) in [7, 11) is 0. The van der Waals surface area contributed by atoms with Crippen molar-refractivity contribution in [2.75, 3.05) is 16.8 Å². The van der Waals surface area contributed by atoms with Gasteiger partial charge in [-0.25, -0.2) is 9.79 Å². The number of urea groups is 1. The van der Waals surface area contributed by atoms with Gasteiger partial charge in [0.05, 0.1) is 29.8 Å². The molecule has 5 rings (SSSR count). The summed E-state index contributed by atoms with van der Waals surface area (Å²) >= 11 is 0. The van der Waals surface area contributed by atoms with Gasteiger partial charge in [-0.05, 0) is 31.0 Å². The lowest BCUT2D eigenvalue weighted by Crippen LogP contribution is -2.50. The number of nitrogens with one attached hydrogen (secondary N) is 2. The molecule has 8 nitrogen and oxygen atoms in total. The molecule has 2 N–H and O–H groups in total. The van der Waals surface area contributed by atoms with Crippen molar-refractivity contribution in [1.29, 1.82) is 0 Å². The molecule has 2 heterocycles. The fraction of sp³-hybridized carbons (Fsp3) is 0.250. The summed E-state index contributed by atoms with van der Waals surface area (Å²) in [5.41, 5.74) is 3.20. The first-order valence-corrected chi connectivity index (χ1v) is 12.1. The van der Waals surface area contributed by atoms with E-state index in [0.717, 1.165) is 36.8 Å². The minimum atomic E-state index is -1.22. The Morgan fingerprint density at radius 3 is 2.44 bits per heavy atom. The number of carbonyl (C=O) groups excluding carboxylic acids is 3. The lowest BCUT2D eigenvalue weighted by atomic mass is 9.99. The molecule has 1 unspecified atom stereocenters. The lowest BCUT2D eigenvalue weighted by molar-refractivity contribution is -0.125. The third kappa shape index (κ3) is 5.02. The van der Waals surface area contributed by atoms with Gasteiger partial charge in [-0.3, -0.25) is 14.6 Å². The summed E-state index contributed by atoms with van der Waals surface area (Å²) in [4.78, 5) is 50.0. The van der Waals surface area contributed by atoms with Gasteiger partial charge in [-0.1, -0.05) is 61.4 Å². The zero-order valence-corrected chi connectivity index (χ0v) is 19.8. The van der Waals surface area contributed by atoms with E-state index < -0.39 is 18.1 Å². The number of benzodiazepines with no additional fused rings is 1. The molecule has 2 aromatic carbocycles. The van der Waals surface area contributed by atoms with Gasteiger partial charge >= 0.3 is 6.03 Å². The Labute approximate surface area is 209 Å². The number of nitrogens with zero attached hydrogens (tertiary/aromatic N) is 3. The monoisotopic (exact) mass is 481 g/mol. The number of aromatic nitrogens is 1. The van der Waals surface area contributed by atoms with Gasteiger partial charge in [0.2, 0.25) is 6.17 Å². The number of pyridine rings is 1. The maximum Gasteiger partial charge on any atom is 0.321 e. The van der Waals surface area contributed by atoms with Crippen LogP contribution in [-0.4, -0.2) is 41.1 Å². The lowest BCUT2D eigenvalue weighted by Gasteiger charge is -2.26. The largest absolute Gasteiger partial charge is 0.321 e. The van der Waals surface area contributed by atoms with Gasteiger partial charge in [-0.15, -0.1) is 0 Å². The van der Waals surface area contributed by atoms with Crippen LogP contribution in [0.25, 0.3) is 0 Å². The summed E-state index contributed by atoms with van der Waals surface area (Å²) in [5, 5.41) is 5.38. The molecular weight excluding hydrogens is 454 g/mol. The second kappa shape index (κ2) is 10.5. The molecule has 1 fully saturated rings. The fourth-order valence-corrected chi connectivity index (χ4v) is 4.77. The van der Waals surface area contributed by atoms with E-state index in [1.165, 1.54) is 11.1 Å². The smallest absolute Gasteiger partial charge is 0.308 e. The Morgan fingerprint density at radius 2 is 1.69 bits per heavy atom. The first kappa shape index (κ1) is 23.4. The molecule has 0 bridgehead atoms.